The fourth-order valence-electron chi connectivity index (χ4n) is 1.45. The number of nitrogens with one attached hydrogen (secondary N) is 2. The van der Waals surface area contributed by atoms with Gasteiger partial charge in [0.1, 0.15) is 12.6 Å². The summed E-state index contributed by atoms with van der Waals surface area (Å²) in [4.78, 5) is 34.3. The molecule has 7 nitrogen and oxygen atoms in total. The van der Waals surface area contributed by atoms with Gasteiger partial charge in [-0.1, -0.05) is 0 Å². The van der Waals surface area contributed by atoms with Gasteiger partial charge in [0, 0.05) is 0 Å². The van der Waals surface area contributed by atoms with E-state index in [0.29, 0.717) is 18.6 Å². The molecule has 0 aliphatic carbocycles. The highest BCUT2D eigenvalue weighted by atomic mass is 32.2. The largest absolute Gasteiger partial charge is 0.480 e. The number of aliphatic carboxylic acids is 1. The number of hydrogen-bond acceptors (Lipinski definition) is 6. The summed E-state index contributed by atoms with van der Waals surface area (Å²) in [5.74, 6) is -0.590. The normalized spacial score (nSPS) is 13.3. The van der Waals surface area contributed by atoms with Gasteiger partial charge in [0.2, 0.25) is 11.8 Å². The van der Waals surface area contributed by atoms with Crippen molar-refractivity contribution in [1.82, 2.24) is 10.6 Å². The van der Waals surface area contributed by atoms with E-state index in [-0.39, 0.29) is 5.91 Å². The summed E-state index contributed by atoms with van der Waals surface area (Å²) in [6, 6.07) is -1.42. The summed E-state index contributed by atoms with van der Waals surface area (Å²) in [6.07, 6.45) is 4.76. The van der Waals surface area contributed by atoms with Gasteiger partial charge in [-0.3, -0.25) is 14.4 Å². The number of nitrogens with two attached hydrogens (primary N) is 1. The number of thioether (sulfide) groups is 2. The van der Waals surface area contributed by atoms with E-state index in [1.54, 1.807) is 11.8 Å². The number of carboxylic acid groups (broad SMARTS) is 1. The fourth-order valence-corrected chi connectivity index (χ4v) is 2.41. The second kappa shape index (κ2) is 11.7. The van der Waals surface area contributed by atoms with Crippen LogP contribution < -0.4 is 16.4 Å². The van der Waals surface area contributed by atoms with Crippen LogP contribution in [0, 0.1) is 0 Å². The Morgan fingerprint density at radius 1 is 1.10 bits per heavy atom. The van der Waals surface area contributed by atoms with E-state index in [0.717, 1.165) is 5.75 Å². The van der Waals surface area contributed by atoms with E-state index in [9.17, 15) is 14.4 Å². The van der Waals surface area contributed by atoms with Crippen LogP contribution in [0.4, 0.5) is 0 Å². The zero-order chi connectivity index (χ0) is 16.3. The third kappa shape index (κ3) is 9.59. The zero-order valence-corrected chi connectivity index (χ0v) is 13.9. The highest BCUT2D eigenvalue weighted by molar-refractivity contribution is 7.98. The Labute approximate surface area is 133 Å². The SMILES string of the molecule is CSCCC(N)C(=O)NC(CCSC)C(=O)NCC(=O)O. The lowest BCUT2D eigenvalue weighted by atomic mass is 10.1. The third-order valence-electron chi connectivity index (χ3n) is 2.63. The number of carboxylic acids is 1. The molecule has 9 heteroatoms. The minimum absolute atomic E-state index is 0.388. The quantitative estimate of drug-likeness (QED) is 0.401. The second-order valence-corrected chi connectivity index (χ2v) is 6.31. The van der Waals surface area contributed by atoms with E-state index in [1.807, 2.05) is 12.5 Å². The van der Waals surface area contributed by atoms with Gasteiger partial charge in [0.15, 0.2) is 0 Å². The van der Waals surface area contributed by atoms with Crippen LogP contribution in [0.15, 0.2) is 0 Å². The van der Waals surface area contributed by atoms with E-state index in [2.05, 4.69) is 10.6 Å². The summed E-state index contributed by atoms with van der Waals surface area (Å²) in [7, 11) is 0. The van der Waals surface area contributed by atoms with Crippen LogP contribution in [-0.4, -0.2) is 65.5 Å². The summed E-state index contributed by atoms with van der Waals surface area (Å²) in [5, 5.41) is 13.4. The molecule has 0 radical (unpaired) electrons. The van der Waals surface area contributed by atoms with Gasteiger partial charge >= 0.3 is 5.97 Å². The maximum atomic E-state index is 11.9. The molecule has 0 aromatic carbocycles. The number of carbonyl (C=O) groups excluding carboxylic acids is 2. The van der Waals surface area contributed by atoms with E-state index in [4.69, 9.17) is 10.8 Å². The summed E-state index contributed by atoms with van der Waals surface area (Å²) >= 11 is 3.13. The van der Waals surface area contributed by atoms with Gasteiger partial charge in [-0.2, -0.15) is 23.5 Å². The Morgan fingerprint density at radius 2 is 1.67 bits per heavy atom. The smallest absolute Gasteiger partial charge is 0.322 e. The van der Waals surface area contributed by atoms with Crippen molar-refractivity contribution < 1.29 is 19.5 Å². The van der Waals surface area contributed by atoms with E-state index < -0.39 is 30.5 Å². The molecule has 0 rings (SSSR count). The molecule has 0 heterocycles. The highest BCUT2D eigenvalue weighted by Gasteiger charge is 2.23. The minimum atomic E-state index is -1.13. The maximum Gasteiger partial charge on any atom is 0.322 e. The lowest BCUT2D eigenvalue weighted by Gasteiger charge is -2.20. The molecule has 0 aliphatic heterocycles. The molecule has 0 saturated heterocycles. The van der Waals surface area contributed by atoms with Gasteiger partial charge in [0.05, 0.1) is 6.04 Å². The Balaban J connectivity index is 4.48. The Bertz CT molecular complexity index is 355. The van der Waals surface area contributed by atoms with Crippen molar-refractivity contribution in [1.29, 1.82) is 0 Å². The van der Waals surface area contributed by atoms with E-state index >= 15 is 0 Å². The molecule has 0 spiro atoms. The van der Waals surface area contributed by atoms with Crippen molar-refractivity contribution in [3.8, 4) is 0 Å². The predicted molar refractivity (Wildman–Crippen MR) is 86.5 cm³/mol. The van der Waals surface area contributed by atoms with Crippen LogP contribution in [0.25, 0.3) is 0 Å². The van der Waals surface area contributed by atoms with Gasteiger partial charge in [0.25, 0.3) is 0 Å². The number of amides is 2. The Morgan fingerprint density at radius 3 is 2.19 bits per heavy atom. The first-order valence-electron chi connectivity index (χ1n) is 6.45. The maximum absolute atomic E-state index is 11.9. The molecule has 0 aromatic rings. The average molecular weight is 337 g/mol. The van der Waals surface area contributed by atoms with Crippen molar-refractivity contribution in [3.05, 3.63) is 0 Å². The second-order valence-electron chi connectivity index (χ2n) is 4.34. The Hall–Kier alpha value is -0.930. The number of hydrogen-bond donors (Lipinski definition) is 4. The molecule has 122 valence electrons. The summed E-state index contributed by atoms with van der Waals surface area (Å²) in [6.45, 7) is -0.469. The number of carbonyl (C=O) groups is 3. The van der Waals surface area contributed by atoms with Crippen molar-refractivity contribution in [2.75, 3.05) is 30.6 Å². The van der Waals surface area contributed by atoms with Crippen LogP contribution in [0.3, 0.4) is 0 Å². The zero-order valence-electron chi connectivity index (χ0n) is 12.3. The fraction of sp³-hybridized carbons (Fsp3) is 0.750. The van der Waals surface area contributed by atoms with Gasteiger partial charge in [-0.15, -0.1) is 0 Å². The topological polar surface area (TPSA) is 122 Å². The van der Waals surface area contributed by atoms with Gasteiger partial charge < -0.3 is 21.5 Å². The lowest BCUT2D eigenvalue weighted by Crippen LogP contribution is -2.52. The van der Waals surface area contributed by atoms with Crippen LogP contribution >= 0.6 is 23.5 Å². The molecule has 21 heavy (non-hydrogen) atoms. The summed E-state index contributed by atoms with van der Waals surface area (Å²) < 4.78 is 0. The standard InChI is InChI=1S/C12H23N3O4S2/c1-20-5-3-8(13)11(18)15-9(4-6-21-2)12(19)14-7-10(16)17/h8-9H,3-7,13H2,1-2H3,(H,14,19)(H,15,18)(H,16,17). The van der Waals surface area contributed by atoms with Crippen LogP contribution in [-0.2, 0) is 14.4 Å². The molecule has 2 unspecified atom stereocenters. The molecule has 5 N–H and O–H groups in total. The third-order valence-corrected chi connectivity index (χ3v) is 3.92. The van der Waals surface area contributed by atoms with Crippen molar-refractivity contribution in [2.24, 2.45) is 5.73 Å². The molecule has 0 aromatic heterocycles. The van der Waals surface area contributed by atoms with E-state index in [1.165, 1.54) is 11.8 Å². The minimum Gasteiger partial charge on any atom is -0.480 e. The highest BCUT2D eigenvalue weighted by Crippen LogP contribution is 2.03. The first kappa shape index (κ1) is 20.1. The predicted octanol–water partition coefficient (Wildman–Crippen LogP) is -0.494. The van der Waals surface area contributed by atoms with Gasteiger partial charge in [-0.05, 0) is 36.9 Å². The first-order chi connectivity index (χ1) is 9.92. The van der Waals surface area contributed by atoms with Crippen molar-refractivity contribution in [3.63, 3.8) is 0 Å². The molecule has 2 amide bonds. The molecule has 0 saturated carbocycles. The van der Waals surface area contributed by atoms with Crippen molar-refractivity contribution >= 4 is 41.3 Å². The van der Waals surface area contributed by atoms with Crippen LogP contribution in [0.2, 0.25) is 0 Å². The molecule has 0 fully saturated rings. The first-order valence-corrected chi connectivity index (χ1v) is 9.24. The lowest BCUT2D eigenvalue weighted by molar-refractivity contribution is -0.138. The number of rotatable bonds is 11. The van der Waals surface area contributed by atoms with Crippen LogP contribution in [0.1, 0.15) is 12.8 Å². The molecule has 0 aliphatic rings. The average Bonchev–Trinajstić information content (AvgIpc) is 2.45. The van der Waals surface area contributed by atoms with Crippen LogP contribution in [0.5, 0.6) is 0 Å². The molecular formula is C12H23N3O4S2. The van der Waals surface area contributed by atoms with Crippen molar-refractivity contribution in [2.45, 2.75) is 24.9 Å². The Kier molecular flexibility index (Phi) is 11.2. The molecular weight excluding hydrogens is 314 g/mol. The monoisotopic (exact) mass is 337 g/mol. The molecule has 2 atom stereocenters. The molecule has 0 bridgehead atoms. The summed E-state index contributed by atoms with van der Waals surface area (Å²) in [5.41, 5.74) is 5.75. The van der Waals surface area contributed by atoms with Gasteiger partial charge in [-0.25, -0.2) is 0 Å².